The topological polar surface area (TPSA) is 105 Å². The Kier molecular flexibility index (Phi) is 9.38. The minimum Gasteiger partial charge on any atom is -0.495 e. The summed E-state index contributed by atoms with van der Waals surface area (Å²) in [5.41, 5.74) is -0.480. The molecule has 0 heterocycles. The van der Waals surface area contributed by atoms with Crippen molar-refractivity contribution in [3.8, 4) is 5.75 Å². The van der Waals surface area contributed by atoms with E-state index in [0.29, 0.717) is 18.8 Å². The minimum absolute atomic E-state index is 0.0142. The number of carbonyl (C=O) groups is 2. The van der Waals surface area contributed by atoms with E-state index in [-0.39, 0.29) is 41.2 Å². The molecule has 164 valence electrons. The first-order valence-electron chi connectivity index (χ1n) is 9.35. The molecule has 0 saturated carbocycles. The van der Waals surface area contributed by atoms with Crippen LogP contribution in [-0.2, 0) is 19.6 Å². The number of carbonyl (C=O) groups excluding carboxylic acids is 2. The van der Waals surface area contributed by atoms with Crippen LogP contribution in [0.5, 0.6) is 5.75 Å². The van der Waals surface area contributed by atoms with Crippen molar-refractivity contribution in [3.63, 3.8) is 0 Å². The number of anilines is 1. The summed E-state index contributed by atoms with van der Waals surface area (Å²) in [7, 11) is -2.25. The summed E-state index contributed by atoms with van der Waals surface area (Å²) in [5.74, 6) is -0.130. The van der Waals surface area contributed by atoms with Crippen LogP contribution in [0.3, 0.4) is 0 Å². The summed E-state index contributed by atoms with van der Waals surface area (Å²) in [6, 6.07) is 4.31. The van der Waals surface area contributed by atoms with Crippen molar-refractivity contribution in [2.24, 2.45) is 5.41 Å². The van der Waals surface area contributed by atoms with E-state index in [9.17, 15) is 18.0 Å². The molecule has 1 aromatic carbocycles. The van der Waals surface area contributed by atoms with Crippen LogP contribution in [0.2, 0.25) is 0 Å². The molecule has 2 amide bonds. The fraction of sp³-hybridized carbons (Fsp3) is 0.579. The van der Waals surface area contributed by atoms with Gasteiger partial charge in [0, 0.05) is 31.9 Å². The van der Waals surface area contributed by atoms with Gasteiger partial charge in [-0.05, 0) is 32.0 Å². The molecule has 1 aromatic rings. The van der Waals surface area contributed by atoms with E-state index >= 15 is 0 Å². The van der Waals surface area contributed by atoms with Crippen LogP contribution in [0, 0.1) is 5.41 Å². The first kappa shape index (κ1) is 25.2. The van der Waals surface area contributed by atoms with Crippen LogP contribution in [0.15, 0.2) is 23.1 Å². The monoisotopic (exact) mass is 447 g/mol. The van der Waals surface area contributed by atoms with Crippen molar-refractivity contribution in [1.82, 2.24) is 9.62 Å². The molecule has 0 aliphatic carbocycles. The van der Waals surface area contributed by atoms with E-state index in [1.54, 1.807) is 27.7 Å². The smallest absolute Gasteiger partial charge is 0.243 e. The first-order valence-corrected chi connectivity index (χ1v) is 11.3. The molecule has 0 radical (unpaired) electrons. The first-order chi connectivity index (χ1) is 13.5. The van der Waals surface area contributed by atoms with Crippen molar-refractivity contribution in [2.45, 2.75) is 39.0 Å². The molecule has 2 N–H and O–H groups in total. The lowest BCUT2D eigenvalue weighted by atomic mass is 9.95. The summed E-state index contributed by atoms with van der Waals surface area (Å²) in [6.07, 6.45) is 0.0142. The molecule has 1 rings (SSSR count). The Morgan fingerprint density at radius 3 is 2.34 bits per heavy atom. The zero-order valence-electron chi connectivity index (χ0n) is 17.5. The highest BCUT2D eigenvalue weighted by molar-refractivity contribution is 7.89. The molecule has 10 heteroatoms. The van der Waals surface area contributed by atoms with Crippen LogP contribution >= 0.6 is 11.6 Å². The maximum atomic E-state index is 12.7. The molecule has 0 fully saturated rings. The average Bonchev–Trinajstić information content (AvgIpc) is 2.68. The molecular weight excluding hydrogens is 418 g/mol. The zero-order chi connectivity index (χ0) is 22.2. The number of hydrogen-bond donors (Lipinski definition) is 2. The number of sulfonamides is 1. The van der Waals surface area contributed by atoms with Gasteiger partial charge in [0.05, 0.1) is 23.1 Å². The maximum Gasteiger partial charge on any atom is 0.243 e. The second kappa shape index (κ2) is 10.8. The van der Waals surface area contributed by atoms with Crippen LogP contribution in [-0.4, -0.2) is 57.2 Å². The van der Waals surface area contributed by atoms with Gasteiger partial charge < -0.3 is 15.4 Å². The molecule has 0 spiro atoms. The number of halogens is 1. The number of alkyl halides is 1. The van der Waals surface area contributed by atoms with Crippen molar-refractivity contribution in [1.29, 1.82) is 0 Å². The SMILES string of the molecule is CCN(CC)S(=O)(=O)c1ccc(OC)c(NC(=O)CCNC(=O)C(C)(C)CCl)c1. The normalized spacial score (nSPS) is 12.0. The Balaban J connectivity index is 2.90. The Bertz CT molecular complexity index is 823. The summed E-state index contributed by atoms with van der Waals surface area (Å²) < 4.78 is 32.0. The van der Waals surface area contributed by atoms with Gasteiger partial charge in [0.25, 0.3) is 0 Å². The van der Waals surface area contributed by atoms with Crippen molar-refractivity contribution >= 4 is 39.1 Å². The van der Waals surface area contributed by atoms with Gasteiger partial charge in [-0.3, -0.25) is 9.59 Å². The van der Waals surface area contributed by atoms with Gasteiger partial charge in [-0.1, -0.05) is 13.8 Å². The molecule has 0 aliphatic rings. The van der Waals surface area contributed by atoms with E-state index in [0.717, 1.165) is 0 Å². The number of benzene rings is 1. The predicted molar refractivity (Wildman–Crippen MR) is 114 cm³/mol. The van der Waals surface area contributed by atoms with Gasteiger partial charge in [-0.25, -0.2) is 8.42 Å². The lowest BCUT2D eigenvalue weighted by Crippen LogP contribution is -2.39. The Morgan fingerprint density at radius 2 is 1.83 bits per heavy atom. The van der Waals surface area contributed by atoms with Gasteiger partial charge in [0.2, 0.25) is 21.8 Å². The summed E-state index contributed by atoms with van der Waals surface area (Å²) in [6.45, 7) is 7.74. The molecule has 0 atom stereocenters. The quantitative estimate of drug-likeness (QED) is 0.507. The second-order valence-corrected chi connectivity index (χ2v) is 9.23. The highest BCUT2D eigenvalue weighted by Crippen LogP contribution is 2.29. The molecule has 0 aromatic heterocycles. The number of rotatable bonds is 11. The third-order valence-corrected chi connectivity index (χ3v) is 7.09. The highest BCUT2D eigenvalue weighted by atomic mass is 35.5. The van der Waals surface area contributed by atoms with E-state index in [1.165, 1.54) is 29.6 Å². The second-order valence-electron chi connectivity index (χ2n) is 7.02. The number of amides is 2. The molecule has 29 heavy (non-hydrogen) atoms. The third kappa shape index (κ3) is 6.58. The number of methoxy groups -OCH3 is 1. The highest BCUT2D eigenvalue weighted by Gasteiger charge is 2.26. The number of nitrogens with one attached hydrogen (secondary N) is 2. The number of hydrogen-bond acceptors (Lipinski definition) is 5. The fourth-order valence-corrected chi connectivity index (χ4v) is 4.07. The van der Waals surface area contributed by atoms with Crippen molar-refractivity contribution in [3.05, 3.63) is 18.2 Å². The molecule has 0 aliphatic heterocycles. The van der Waals surface area contributed by atoms with Crippen LogP contribution in [0.25, 0.3) is 0 Å². The Morgan fingerprint density at radius 1 is 1.21 bits per heavy atom. The van der Waals surface area contributed by atoms with Gasteiger partial charge in [0.1, 0.15) is 5.75 Å². The minimum atomic E-state index is -3.67. The van der Waals surface area contributed by atoms with Gasteiger partial charge in [0.15, 0.2) is 0 Å². The van der Waals surface area contributed by atoms with E-state index in [1.807, 2.05) is 0 Å². The van der Waals surface area contributed by atoms with Gasteiger partial charge in [-0.15, -0.1) is 11.6 Å². The Hall–Kier alpha value is -1.84. The third-order valence-electron chi connectivity index (χ3n) is 4.37. The number of ether oxygens (including phenoxy) is 1. The van der Waals surface area contributed by atoms with Crippen molar-refractivity contribution in [2.75, 3.05) is 37.9 Å². The lowest BCUT2D eigenvalue weighted by molar-refractivity contribution is -0.128. The van der Waals surface area contributed by atoms with Crippen LogP contribution < -0.4 is 15.4 Å². The van der Waals surface area contributed by atoms with E-state index < -0.39 is 15.4 Å². The molecule has 0 bridgehead atoms. The van der Waals surface area contributed by atoms with Crippen molar-refractivity contribution < 1.29 is 22.7 Å². The largest absolute Gasteiger partial charge is 0.495 e. The van der Waals surface area contributed by atoms with Crippen LogP contribution in [0.1, 0.15) is 34.1 Å². The predicted octanol–water partition coefficient (Wildman–Crippen LogP) is 2.44. The van der Waals surface area contributed by atoms with E-state index in [4.69, 9.17) is 16.3 Å². The number of nitrogens with zero attached hydrogens (tertiary/aromatic N) is 1. The molecule has 0 saturated heterocycles. The lowest BCUT2D eigenvalue weighted by Gasteiger charge is -2.20. The fourth-order valence-electron chi connectivity index (χ4n) is 2.46. The molecular formula is C19H30ClN3O5S. The standard InChI is InChI=1S/C19H30ClN3O5S/c1-6-23(7-2)29(26,27)14-8-9-16(28-5)15(12-14)22-17(24)10-11-21-18(25)19(3,4)13-20/h8-9,12H,6-7,10-11,13H2,1-5H3,(H,21,25)(H,22,24). The van der Waals surface area contributed by atoms with E-state index in [2.05, 4.69) is 10.6 Å². The maximum absolute atomic E-state index is 12.7. The van der Waals surface area contributed by atoms with Gasteiger partial charge in [-0.2, -0.15) is 4.31 Å². The summed E-state index contributed by atoms with van der Waals surface area (Å²) >= 11 is 5.76. The van der Waals surface area contributed by atoms with Gasteiger partial charge >= 0.3 is 0 Å². The summed E-state index contributed by atoms with van der Waals surface area (Å²) in [4.78, 5) is 24.3. The Labute approximate surface area is 178 Å². The molecule has 0 unspecified atom stereocenters. The van der Waals surface area contributed by atoms with Crippen LogP contribution in [0.4, 0.5) is 5.69 Å². The zero-order valence-corrected chi connectivity index (χ0v) is 19.1. The molecule has 8 nitrogen and oxygen atoms in total. The average molecular weight is 448 g/mol. The summed E-state index contributed by atoms with van der Waals surface area (Å²) in [5, 5.41) is 5.32.